The van der Waals surface area contributed by atoms with Gasteiger partial charge in [0, 0.05) is 30.8 Å². The fourth-order valence-corrected chi connectivity index (χ4v) is 2.97. The Morgan fingerprint density at radius 2 is 2.18 bits per heavy atom. The van der Waals surface area contributed by atoms with Gasteiger partial charge in [-0.15, -0.1) is 0 Å². The van der Waals surface area contributed by atoms with Gasteiger partial charge in [-0.3, -0.25) is 14.6 Å². The average molecular weight is 393 g/mol. The Bertz CT molecular complexity index is 954. The molecule has 1 fully saturated rings. The summed E-state index contributed by atoms with van der Waals surface area (Å²) in [6.07, 6.45) is -0.701. The van der Waals surface area contributed by atoms with Gasteiger partial charge in [0.25, 0.3) is 5.91 Å². The van der Waals surface area contributed by atoms with E-state index in [4.69, 9.17) is 4.42 Å². The molecule has 0 aromatic carbocycles. The minimum Gasteiger partial charge on any atom is -0.463 e. The highest BCUT2D eigenvalue weighted by molar-refractivity contribution is 5.93. The van der Waals surface area contributed by atoms with Gasteiger partial charge in [0.15, 0.2) is 17.1 Å². The van der Waals surface area contributed by atoms with Crippen molar-refractivity contribution in [2.45, 2.75) is 37.9 Å². The molecule has 28 heavy (non-hydrogen) atoms. The summed E-state index contributed by atoms with van der Waals surface area (Å²) in [6.45, 7) is 0.605. The van der Waals surface area contributed by atoms with Crippen molar-refractivity contribution in [1.29, 1.82) is 0 Å². The van der Waals surface area contributed by atoms with Crippen molar-refractivity contribution >= 4 is 5.91 Å². The second-order valence-corrected chi connectivity index (χ2v) is 6.70. The molecule has 0 unspecified atom stereocenters. The van der Waals surface area contributed by atoms with Crippen LogP contribution < -0.4 is 5.32 Å². The summed E-state index contributed by atoms with van der Waals surface area (Å²) in [6, 6.07) is 6.18. The first-order chi connectivity index (χ1) is 13.4. The molecule has 0 saturated heterocycles. The smallest absolute Gasteiger partial charge is 0.435 e. The number of amides is 1. The number of hydrogen-bond acceptors (Lipinski definition) is 4. The largest absolute Gasteiger partial charge is 0.463 e. The van der Waals surface area contributed by atoms with E-state index in [1.54, 1.807) is 18.2 Å². The predicted molar refractivity (Wildman–Crippen MR) is 92.4 cm³/mol. The predicted octanol–water partition coefficient (Wildman–Crippen LogP) is 3.58. The molecule has 7 nitrogen and oxygen atoms in total. The van der Waals surface area contributed by atoms with E-state index in [0.29, 0.717) is 36.7 Å². The fourth-order valence-electron chi connectivity index (χ4n) is 2.97. The van der Waals surface area contributed by atoms with Crippen molar-refractivity contribution in [3.05, 3.63) is 47.6 Å². The molecule has 1 amide bonds. The van der Waals surface area contributed by atoms with Gasteiger partial charge in [-0.2, -0.15) is 23.4 Å². The Hall–Kier alpha value is -3.04. The van der Waals surface area contributed by atoms with Crippen molar-refractivity contribution in [3.8, 4) is 11.5 Å². The van der Waals surface area contributed by atoms with Crippen molar-refractivity contribution in [1.82, 2.24) is 25.3 Å². The highest BCUT2D eigenvalue weighted by atomic mass is 19.4. The van der Waals surface area contributed by atoms with Crippen LogP contribution in [0, 0.1) is 0 Å². The maximum absolute atomic E-state index is 12.9. The monoisotopic (exact) mass is 393 g/mol. The number of nitrogens with one attached hydrogen (secondary N) is 2. The van der Waals surface area contributed by atoms with Crippen LogP contribution in [0.5, 0.6) is 0 Å². The number of H-pyrrole nitrogens is 1. The van der Waals surface area contributed by atoms with Gasteiger partial charge < -0.3 is 9.73 Å². The number of hydrogen-bond donors (Lipinski definition) is 2. The molecule has 3 heterocycles. The Labute approximate surface area is 157 Å². The molecule has 0 radical (unpaired) electrons. The molecule has 4 rings (SSSR count). The first kappa shape index (κ1) is 18.3. The zero-order valence-electron chi connectivity index (χ0n) is 14.8. The molecule has 3 aromatic heterocycles. The average Bonchev–Trinajstić information content (AvgIpc) is 3.10. The van der Waals surface area contributed by atoms with E-state index in [2.05, 4.69) is 20.6 Å². The van der Waals surface area contributed by atoms with Crippen LogP contribution in [0.3, 0.4) is 0 Å². The lowest BCUT2D eigenvalue weighted by molar-refractivity contribution is -0.141. The second kappa shape index (κ2) is 7.17. The summed E-state index contributed by atoms with van der Waals surface area (Å²) in [5, 5.41) is 13.1. The first-order valence-electron chi connectivity index (χ1n) is 8.94. The lowest BCUT2D eigenvalue weighted by Crippen LogP contribution is -2.25. The van der Waals surface area contributed by atoms with E-state index in [1.165, 1.54) is 10.9 Å². The summed E-state index contributed by atoms with van der Waals surface area (Å²) >= 11 is 0. The molecule has 1 aliphatic rings. The van der Waals surface area contributed by atoms with Gasteiger partial charge >= 0.3 is 6.18 Å². The van der Waals surface area contributed by atoms with Crippen LogP contribution in [0.25, 0.3) is 11.5 Å². The number of aryl methyl sites for hydroxylation is 1. The summed E-state index contributed by atoms with van der Waals surface area (Å²) in [5.41, 5.74) is 0.554. The van der Waals surface area contributed by atoms with Gasteiger partial charge in [0.1, 0.15) is 5.69 Å². The third-order valence-corrected chi connectivity index (χ3v) is 4.53. The van der Waals surface area contributed by atoms with Crippen molar-refractivity contribution in [2.75, 3.05) is 6.54 Å². The molecular weight excluding hydrogens is 375 g/mol. The molecule has 10 heteroatoms. The van der Waals surface area contributed by atoms with E-state index in [-0.39, 0.29) is 17.5 Å². The van der Waals surface area contributed by atoms with Crippen LogP contribution in [0.15, 0.2) is 34.9 Å². The maximum Gasteiger partial charge on any atom is 0.435 e. The summed E-state index contributed by atoms with van der Waals surface area (Å²) < 4.78 is 45.3. The normalized spacial score (nSPS) is 14.4. The van der Waals surface area contributed by atoms with Crippen molar-refractivity contribution in [3.63, 3.8) is 0 Å². The van der Waals surface area contributed by atoms with Gasteiger partial charge in [-0.25, -0.2) is 0 Å². The van der Waals surface area contributed by atoms with Gasteiger partial charge in [0.2, 0.25) is 0 Å². The topological polar surface area (TPSA) is 88.7 Å². The summed E-state index contributed by atoms with van der Waals surface area (Å²) in [4.78, 5) is 12.2. The number of alkyl halides is 3. The molecular formula is C18H18F3N5O2. The molecule has 1 aliphatic carbocycles. The van der Waals surface area contributed by atoms with E-state index < -0.39 is 11.9 Å². The van der Waals surface area contributed by atoms with E-state index in [9.17, 15) is 18.0 Å². The number of rotatable bonds is 7. The Balaban J connectivity index is 1.31. The van der Waals surface area contributed by atoms with Gasteiger partial charge in [-0.1, -0.05) is 0 Å². The molecule has 0 spiro atoms. The fraction of sp³-hybridized carbons (Fsp3) is 0.389. The number of carbonyl (C=O) groups is 1. The van der Waals surface area contributed by atoms with Gasteiger partial charge in [-0.05, 0) is 37.5 Å². The second-order valence-electron chi connectivity index (χ2n) is 6.70. The number of halogens is 3. The lowest BCUT2D eigenvalue weighted by atomic mass is 10.2. The SMILES string of the molecule is O=C(NCCCn1nc(C(F)(F)F)cc1C1CC1)c1cc(-c2ccco2)[nH]n1. The van der Waals surface area contributed by atoms with Crippen LogP contribution in [-0.2, 0) is 12.7 Å². The number of carbonyl (C=O) groups excluding carboxylic acids is 1. The maximum atomic E-state index is 12.9. The van der Waals surface area contributed by atoms with Crippen LogP contribution in [-0.4, -0.2) is 32.4 Å². The zero-order valence-corrected chi connectivity index (χ0v) is 14.8. The molecule has 0 atom stereocenters. The molecule has 148 valence electrons. The number of nitrogens with zero attached hydrogens (tertiary/aromatic N) is 3. The number of furan rings is 1. The Morgan fingerprint density at radius 1 is 1.36 bits per heavy atom. The summed E-state index contributed by atoms with van der Waals surface area (Å²) in [7, 11) is 0. The minimum absolute atomic E-state index is 0.155. The standard InChI is InChI=1S/C18H18F3N5O2/c19-18(20,21)16-10-14(11-4-5-11)26(25-16)7-2-6-22-17(27)13-9-12(23-24-13)15-3-1-8-28-15/h1,3,8-11H,2,4-7H2,(H,22,27)(H,23,24). The van der Waals surface area contributed by atoms with Crippen LogP contribution >= 0.6 is 0 Å². The molecule has 2 N–H and O–H groups in total. The Morgan fingerprint density at radius 3 is 2.86 bits per heavy atom. The van der Waals surface area contributed by atoms with E-state index >= 15 is 0 Å². The minimum atomic E-state index is -4.45. The lowest BCUT2D eigenvalue weighted by Gasteiger charge is -2.07. The zero-order chi connectivity index (χ0) is 19.7. The molecule has 1 saturated carbocycles. The molecule has 0 bridgehead atoms. The van der Waals surface area contributed by atoms with Crippen LogP contribution in [0.1, 0.15) is 47.1 Å². The van der Waals surface area contributed by atoms with Crippen LogP contribution in [0.4, 0.5) is 13.2 Å². The molecule has 3 aromatic rings. The van der Waals surface area contributed by atoms with Crippen molar-refractivity contribution < 1.29 is 22.4 Å². The highest BCUT2D eigenvalue weighted by Gasteiger charge is 2.37. The number of aromatic amines is 1. The quantitative estimate of drug-likeness (QED) is 0.601. The van der Waals surface area contributed by atoms with Crippen molar-refractivity contribution in [2.24, 2.45) is 0 Å². The third kappa shape index (κ3) is 3.95. The number of aromatic nitrogens is 4. The Kier molecular flexibility index (Phi) is 4.70. The van der Waals surface area contributed by atoms with Gasteiger partial charge in [0.05, 0.1) is 6.26 Å². The molecule has 0 aliphatic heterocycles. The van der Waals surface area contributed by atoms with E-state index in [0.717, 1.165) is 18.9 Å². The van der Waals surface area contributed by atoms with Crippen LogP contribution in [0.2, 0.25) is 0 Å². The first-order valence-corrected chi connectivity index (χ1v) is 8.94. The summed E-state index contributed by atoms with van der Waals surface area (Å²) in [5.74, 6) is 0.355. The van der Waals surface area contributed by atoms with E-state index in [1.807, 2.05) is 0 Å². The third-order valence-electron chi connectivity index (χ3n) is 4.53. The highest BCUT2D eigenvalue weighted by Crippen LogP contribution is 2.42.